The Morgan fingerprint density at radius 2 is 2.11 bits per heavy atom. The van der Waals surface area contributed by atoms with Crippen molar-refractivity contribution in [2.24, 2.45) is 0 Å². The third-order valence-electron chi connectivity index (χ3n) is 3.80. The van der Waals surface area contributed by atoms with Gasteiger partial charge in [0, 0.05) is 30.7 Å². The summed E-state index contributed by atoms with van der Waals surface area (Å²) in [5.74, 6) is 0.999. The van der Waals surface area contributed by atoms with Crippen LogP contribution in [0, 0.1) is 0 Å². The molecular formula is C15H24N2O. The molecular weight excluding hydrogens is 224 g/mol. The lowest BCUT2D eigenvalue weighted by atomic mass is 10.0. The van der Waals surface area contributed by atoms with Gasteiger partial charge in [0.1, 0.15) is 5.75 Å². The molecule has 100 valence electrons. The van der Waals surface area contributed by atoms with Gasteiger partial charge < -0.3 is 10.1 Å². The topological polar surface area (TPSA) is 24.5 Å². The minimum Gasteiger partial charge on any atom is -0.496 e. The summed E-state index contributed by atoms with van der Waals surface area (Å²) in [7, 11) is 1.75. The van der Waals surface area contributed by atoms with Crippen LogP contribution in [-0.4, -0.2) is 37.7 Å². The van der Waals surface area contributed by atoms with Gasteiger partial charge in [0.25, 0.3) is 0 Å². The molecule has 0 amide bonds. The summed E-state index contributed by atoms with van der Waals surface area (Å²) >= 11 is 0. The van der Waals surface area contributed by atoms with E-state index < -0.39 is 0 Å². The van der Waals surface area contributed by atoms with Crippen molar-refractivity contribution in [3.63, 3.8) is 0 Å². The number of nitrogens with zero attached hydrogens (tertiary/aromatic N) is 1. The van der Waals surface area contributed by atoms with Crippen LogP contribution in [0.15, 0.2) is 24.3 Å². The molecule has 3 nitrogen and oxygen atoms in total. The lowest BCUT2D eigenvalue weighted by Crippen LogP contribution is -2.57. The van der Waals surface area contributed by atoms with Gasteiger partial charge >= 0.3 is 0 Å². The lowest BCUT2D eigenvalue weighted by molar-refractivity contribution is 0.101. The highest BCUT2D eigenvalue weighted by Crippen LogP contribution is 2.30. The van der Waals surface area contributed by atoms with Crippen molar-refractivity contribution in [2.45, 2.75) is 32.4 Å². The molecule has 0 aliphatic carbocycles. The predicted octanol–water partition coefficient (Wildman–Crippen LogP) is 2.44. The minimum atomic E-state index is 0.410. The van der Waals surface area contributed by atoms with Gasteiger partial charge in [-0.15, -0.1) is 0 Å². The Morgan fingerprint density at radius 1 is 1.39 bits per heavy atom. The number of nitrogens with one attached hydrogen (secondary N) is 1. The van der Waals surface area contributed by atoms with Gasteiger partial charge in [-0.2, -0.15) is 0 Å². The summed E-state index contributed by atoms with van der Waals surface area (Å²) in [6.07, 6.45) is 1.19. The number of hydrogen-bond acceptors (Lipinski definition) is 3. The van der Waals surface area contributed by atoms with Crippen LogP contribution in [-0.2, 0) is 0 Å². The van der Waals surface area contributed by atoms with E-state index in [1.165, 1.54) is 12.0 Å². The minimum absolute atomic E-state index is 0.410. The van der Waals surface area contributed by atoms with Gasteiger partial charge in [-0.25, -0.2) is 0 Å². The molecule has 0 saturated carbocycles. The van der Waals surface area contributed by atoms with Gasteiger partial charge in [-0.05, 0) is 26.0 Å². The summed E-state index contributed by atoms with van der Waals surface area (Å²) in [6.45, 7) is 7.89. The van der Waals surface area contributed by atoms with Gasteiger partial charge in [0.2, 0.25) is 0 Å². The summed E-state index contributed by atoms with van der Waals surface area (Å²) in [5, 5.41) is 3.36. The smallest absolute Gasteiger partial charge is 0.123 e. The normalized spacial score (nSPS) is 17.6. The van der Waals surface area contributed by atoms with E-state index in [2.05, 4.69) is 42.3 Å². The fourth-order valence-corrected chi connectivity index (χ4v) is 2.65. The summed E-state index contributed by atoms with van der Waals surface area (Å²) < 4.78 is 5.48. The maximum Gasteiger partial charge on any atom is 0.123 e. The molecule has 1 N–H and O–H groups in total. The van der Waals surface area contributed by atoms with E-state index >= 15 is 0 Å². The fourth-order valence-electron chi connectivity index (χ4n) is 2.65. The van der Waals surface area contributed by atoms with E-state index in [0.29, 0.717) is 12.1 Å². The van der Waals surface area contributed by atoms with Crippen LogP contribution in [0.25, 0.3) is 0 Å². The number of methoxy groups -OCH3 is 1. The third-order valence-corrected chi connectivity index (χ3v) is 3.80. The number of benzene rings is 1. The van der Waals surface area contributed by atoms with Crippen molar-refractivity contribution in [1.82, 2.24) is 10.2 Å². The monoisotopic (exact) mass is 248 g/mol. The summed E-state index contributed by atoms with van der Waals surface area (Å²) in [6, 6.07) is 9.44. The van der Waals surface area contributed by atoms with Crippen molar-refractivity contribution >= 4 is 0 Å². The molecule has 1 aliphatic rings. The molecule has 1 aromatic carbocycles. The Kier molecular flexibility index (Phi) is 4.61. The molecule has 0 bridgehead atoms. The van der Waals surface area contributed by atoms with Crippen LogP contribution in [0.3, 0.4) is 0 Å². The standard InChI is InChI=1S/C15H24N2O/c1-4-9-17(13-10-16-11-13)12(2)14-7-5-6-8-15(14)18-3/h5-8,12-13,16H,4,9-11H2,1-3H3. The maximum atomic E-state index is 5.48. The van der Waals surface area contributed by atoms with Crippen LogP contribution < -0.4 is 10.1 Å². The Labute approximate surface area is 110 Å². The Bertz CT molecular complexity index is 377. The van der Waals surface area contributed by atoms with E-state index in [4.69, 9.17) is 4.74 Å². The molecule has 0 aromatic heterocycles. The molecule has 1 unspecified atom stereocenters. The molecule has 3 heteroatoms. The average molecular weight is 248 g/mol. The van der Waals surface area contributed by atoms with Gasteiger partial charge in [-0.3, -0.25) is 4.90 Å². The molecule has 0 spiro atoms. The zero-order valence-electron chi connectivity index (χ0n) is 11.6. The first kappa shape index (κ1) is 13.4. The highest BCUT2D eigenvalue weighted by molar-refractivity contribution is 5.35. The predicted molar refractivity (Wildman–Crippen MR) is 75.1 cm³/mol. The molecule has 1 atom stereocenters. The summed E-state index contributed by atoms with van der Waals surface area (Å²) in [4.78, 5) is 2.59. The van der Waals surface area contributed by atoms with E-state index in [1.54, 1.807) is 7.11 Å². The molecule has 0 radical (unpaired) electrons. The lowest BCUT2D eigenvalue weighted by Gasteiger charge is -2.42. The average Bonchev–Trinajstić information content (AvgIpc) is 2.35. The van der Waals surface area contributed by atoms with Crippen molar-refractivity contribution in [1.29, 1.82) is 0 Å². The molecule has 1 heterocycles. The molecule has 18 heavy (non-hydrogen) atoms. The highest BCUT2D eigenvalue weighted by atomic mass is 16.5. The Balaban J connectivity index is 2.18. The van der Waals surface area contributed by atoms with Crippen LogP contribution in [0.4, 0.5) is 0 Å². The maximum absolute atomic E-state index is 5.48. The second-order valence-electron chi connectivity index (χ2n) is 4.97. The van der Waals surface area contributed by atoms with Crippen LogP contribution in [0.2, 0.25) is 0 Å². The van der Waals surface area contributed by atoms with E-state index in [9.17, 15) is 0 Å². The van der Waals surface area contributed by atoms with Crippen molar-refractivity contribution < 1.29 is 4.74 Å². The SMILES string of the molecule is CCCN(C1CNC1)C(C)c1ccccc1OC. The largest absolute Gasteiger partial charge is 0.496 e. The summed E-state index contributed by atoms with van der Waals surface area (Å²) in [5.41, 5.74) is 1.29. The molecule has 2 rings (SSSR count). The molecule has 1 aromatic rings. The van der Waals surface area contributed by atoms with Gasteiger partial charge in [0.15, 0.2) is 0 Å². The zero-order valence-corrected chi connectivity index (χ0v) is 11.6. The molecule has 1 fully saturated rings. The highest BCUT2D eigenvalue weighted by Gasteiger charge is 2.29. The van der Waals surface area contributed by atoms with Crippen molar-refractivity contribution in [2.75, 3.05) is 26.7 Å². The van der Waals surface area contributed by atoms with Crippen molar-refractivity contribution in [3.05, 3.63) is 29.8 Å². The molecule has 1 saturated heterocycles. The Morgan fingerprint density at radius 3 is 2.67 bits per heavy atom. The van der Waals surface area contributed by atoms with Gasteiger partial charge in [0.05, 0.1) is 7.11 Å². The quantitative estimate of drug-likeness (QED) is 0.837. The fraction of sp³-hybridized carbons (Fsp3) is 0.600. The number of para-hydroxylation sites is 1. The third kappa shape index (κ3) is 2.68. The van der Waals surface area contributed by atoms with E-state index in [0.717, 1.165) is 25.4 Å². The first-order valence-corrected chi connectivity index (χ1v) is 6.87. The second-order valence-corrected chi connectivity index (χ2v) is 4.97. The number of hydrogen-bond donors (Lipinski definition) is 1. The number of rotatable bonds is 6. The van der Waals surface area contributed by atoms with Crippen molar-refractivity contribution in [3.8, 4) is 5.75 Å². The van der Waals surface area contributed by atoms with Gasteiger partial charge in [-0.1, -0.05) is 25.1 Å². The van der Waals surface area contributed by atoms with E-state index in [1.807, 2.05) is 6.07 Å². The first-order chi connectivity index (χ1) is 8.77. The Hall–Kier alpha value is -1.06. The van der Waals surface area contributed by atoms with Crippen LogP contribution >= 0.6 is 0 Å². The van der Waals surface area contributed by atoms with Crippen LogP contribution in [0.5, 0.6) is 5.75 Å². The first-order valence-electron chi connectivity index (χ1n) is 6.87. The van der Waals surface area contributed by atoms with Crippen LogP contribution in [0.1, 0.15) is 31.9 Å². The zero-order chi connectivity index (χ0) is 13.0. The molecule has 1 aliphatic heterocycles. The van der Waals surface area contributed by atoms with E-state index in [-0.39, 0.29) is 0 Å². The second kappa shape index (κ2) is 6.21. The number of ether oxygens (including phenoxy) is 1.